The highest BCUT2D eigenvalue weighted by atomic mass is 79.9. The Morgan fingerprint density at radius 3 is 2.48 bits per heavy atom. The van der Waals surface area contributed by atoms with Crippen LogP contribution in [-0.2, 0) is 6.54 Å². The summed E-state index contributed by atoms with van der Waals surface area (Å²) in [4.78, 5) is 2.32. The molecule has 2 N–H and O–H groups in total. The van der Waals surface area contributed by atoms with E-state index in [1.807, 2.05) is 6.07 Å². The van der Waals surface area contributed by atoms with Gasteiger partial charge in [-0.15, -0.1) is 0 Å². The third-order valence-electron chi connectivity index (χ3n) is 3.71. The monoisotopic (exact) mass is 346 g/mol. The van der Waals surface area contributed by atoms with Crippen molar-refractivity contribution < 1.29 is 0 Å². The molecule has 0 aliphatic rings. The van der Waals surface area contributed by atoms with Crippen LogP contribution in [0.5, 0.6) is 0 Å². The first-order chi connectivity index (χ1) is 9.99. The molecule has 2 rings (SSSR count). The highest BCUT2D eigenvalue weighted by Crippen LogP contribution is 2.30. The molecule has 0 heterocycles. The number of rotatable bonds is 5. The molecule has 0 spiro atoms. The molecule has 112 valence electrons. The Bertz CT molecular complexity index is 595. The van der Waals surface area contributed by atoms with Gasteiger partial charge in [-0.1, -0.05) is 64.0 Å². The highest BCUT2D eigenvalue weighted by molar-refractivity contribution is 9.10. The molecule has 2 aromatic rings. The van der Waals surface area contributed by atoms with E-state index in [9.17, 15) is 0 Å². The van der Waals surface area contributed by atoms with E-state index in [4.69, 9.17) is 5.73 Å². The smallest absolute Gasteiger partial charge is 0.0508 e. The molecule has 0 aliphatic carbocycles. The van der Waals surface area contributed by atoms with Crippen LogP contribution in [0.4, 0.5) is 0 Å². The highest BCUT2D eigenvalue weighted by Gasteiger charge is 2.23. The van der Waals surface area contributed by atoms with Gasteiger partial charge in [0.2, 0.25) is 0 Å². The van der Waals surface area contributed by atoms with Crippen LogP contribution in [-0.4, -0.2) is 18.0 Å². The SMILES string of the molecule is Cc1cccc(CN(C)C(c2ccccc2Br)C(C)N)c1. The second-order valence-electron chi connectivity index (χ2n) is 5.73. The van der Waals surface area contributed by atoms with Crippen LogP contribution in [0.3, 0.4) is 0 Å². The van der Waals surface area contributed by atoms with Gasteiger partial charge in [-0.3, -0.25) is 4.90 Å². The Morgan fingerprint density at radius 1 is 1.14 bits per heavy atom. The van der Waals surface area contributed by atoms with Crippen LogP contribution < -0.4 is 5.73 Å². The molecule has 3 heteroatoms. The first-order valence-corrected chi connectivity index (χ1v) is 8.04. The molecule has 2 aromatic carbocycles. The average Bonchev–Trinajstić information content (AvgIpc) is 2.41. The fourth-order valence-corrected chi connectivity index (χ4v) is 3.35. The van der Waals surface area contributed by atoms with Gasteiger partial charge in [0, 0.05) is 17.1 Å². The topological polar surface area (TPSA) is 29.3 Å². The fraction of sp³-hybridized carbons (Fsp3) is 0.333. The van der Waals surface area contributed by atoms with Crippen LogP contribution in [0.2, 0.25) is 0 Å². The Hall–Kier alpha value is -1.16. The predicted octanol–water partition coefficient (Wildman–Crippen LogP) is 4.28. The van der Waals surface area contributed by atoms with Crippen molar-refractivity contribution in [2.45, 2.75) is 32.5 Å². The van der Waals surface area contributed by atoms with E-state index in [1.54, 1.807) is 0 Å². The van der Waals surface area contributed by atoms with Gasteiger partial charge >= 0.3 is 0 Å². The van der Waals surface area contributed by atoms with Crippen molar-refractivity contribution in [2.24, 2.45) is 5.73 Å². The van der Waals surface area contributed by atoms with Crippen molar-refractivity contribution in [1.82, 2.24) is 4.90 Å². The van der Waals surface area contributed by atoms with Crippen molar-refractivity contribution in [3.05, 3.63) is 69.7 Å². The first-order valence-electron chi connectivity index (χ1n) is 7.25. The van der Waals surface area contributed by atoms with Gasteiger partial charge in [-0.2, -0.15) is 0 Å². The minimum Gasteiger partial charge on any atom is -0.326 e. The van der Waals surface area contributed by atoms with Gasteiger partial charge in [0.1, 0.15) is 0 Å². The maximum absolute atomic E-state index is 6.26. The normalized spacial score (nSPS) is 14.2. The zero-order valence-electron chi connectivity index (χ0n) is 12.9. The number of aryl methyl sites for hydroxylation is 1. The van der Waals surface area contributed by atoms with Crippen LogP contribution in [0.25, 0.3) is 0 Å². The lowest BCUT2D eigenvalue weighted by atomic mass is 9.99. The minimum absolute atomic E-state index is 0.0542. The number of hydrogen-bond acceptors (Lipinski definition) is 2. The van der Waals surface area contributed by atoms with E-state index in [0.717, 1.165) is 11.0 Å². The van der Waals surface area contributed by atoms with Crippen molar-refractivity contribution in [3.8, 4) is 0 Å². The minimum atomic E-state index is 0.0542. The van der Waals surface area contributed by atoms with Gasteiger partial charge in [-0.05, 0) is 38.1 Å². The largest absolute Gasteiger partial charge is 0.326 e. The number of halogens is 1. The summed E-state index contributed by atoms with van der Waals surface area (Å²) in [5.41, 5.74) is 10.1. The molecule has 2 unspecified atom stereocenters. The quantitative estimate of drug-likeness (QED) is 0.875. The zero-order valence-corrected chi connectivity index (χ0v) is 14.5. The van der Waals surface area contributed by atoms with E-state index in [1.165, 1.54) is 16.7 Å². The number of likely N-dealkylation sites (N-methyl/N-ethyl adjacent to an activating group) is 1. The maximum atomic E-state index is 6.26. The summed E-state index contributed by atoms with van der Waals surface area (Å²) >= 11 is 3.65. The molecule has 0 radical (unpaired) electrons. The summed E-state index contributed by atoms with van der Waals surface area (Å²) in [6, 6.07) is 17.2. The lowest BCUT2D eigenvalue weighted by Crippen LogP contribution is -2.37. The zero-order chi connectivity index (χ0) is 15.4. The number of nitrogens with zero attached hydrogens (tertiary/aromatic N) is 1. The predicted molar refractivity (Wildman–Crippen MR) is 93.2 cm³/mol. The van der Waals surface area contributed by atoms with Crippen LogP contribution in [0, 0.1) is 6.92 Å². The van der Waals surface area contributed by atoms with Gasteiger partial charge in [0.25, 0.3) is 0 Å². The molecular weight excluding hydrogens is 324 g/mol. The maximum Gasteiger partial charge on any atom is 0.0508 e. The Balaban J connectivity index is 2.24. The van der Waals surface area contributed by atoms with Crippen LogP contribution >= 0.6 is 15.9 Å². The molecule has 2 atom stereocenters. The standard InChI is InChI=1S/C18H23BrN2/c1-13-7-6-8-15(11-13)12-21(3)18(14(2)20)16-9-4-5-10-17(16)19/h4-11,14,18H,12,20H2,1-3H3. The van der Waals surface area contributed by atoms with E-state index < -0.39 is 0 Å². The lowest BCUT2D eigenvalue weighted by Gasteiger charge is -2.32. The lowest BCUT2D eigenvalue weighted by molar-refractivity contribution is 0.210. The Morgan fingerprint density at radius 2 is 1.86 bits per heavy atom. The van der Waals surface area contributed by atoms with E-state index >= 15 is 0 Å². The van der Waals surface area contributed by atoms with Crippen molar-refractivity contribution >= 4 is 15.9 Å². The second kappa shape index (κ2) is 7.21. The molecule has 0 bridgehead atoms. The second-order valence-corrected chi connectivity index (χ2v) is 6.58. The fourth-order valence-electron chi connectivity index (χ4n) is 2.83. The summed E-state index contributed by atoms with van der Waals surface area (Å²) in [5, 5.41) is 0. The summed E-state index contributed by atoms with van der Waals surface area (Å²) in [5.74, 6) is 0. The number of benzene rings is 2. The van der Waals surface area contributed by atoms with Crippen molar-refractivity contribution in [2.75, 3.05) is 7.05 Å². The van der Waals surface area contributed by atoms with Gasteiger partial charge in [0.05, 0.1) is 6.04 Å². The summed E-state index contributed by atoms with van der Waals surface area (Å²) in [6.07, 6.45) is 0. The molecule has 0 saturated carbocycles. The van der Waals surface area contributed by atoms with Gasteiger partial charge in [0.15, 0.2) is 0 Å². The molecule has 0 aliphatic heterocycles. The van der Waals surface area contributed by atoms with Gasteiger partial charge in [-0.25, -0.2) is 0 Å². The van der Waals surface area contributed by atoms with Crippen LogP contribution in [0.15, 0.2) is 53.0 Å². The first kappa shape index (κ1) is 16.2. The molecule has 0 aromatic heterocycles. The summed E-state index contributed by atoms with van der Waals surface area (Å²) in [7, 11) is 2.13. The molecule has 0 amide bonds. The molecule has 0 saturated heterocycles. The van der Waals surface area contributed by atoms with E-state index in [2.05, 4.69) is 84.2 Å². The van der Waals surface area contributed by atoms with E-state index in [-0.39, 0.29) is 12.1 Å². The molecule has 21 heavy (non-hydrogen) atoms. The Kier molecular flexibility index (Phi) is 5.57. The molecular formula is C18H23BrN2. The average molecular weight is 347 g/mol. The van der Waals surface area contributed by atoms with Crippen molar-refractivity contribution in [1.29, 1.82) is 0 Å². The van der Waals surface area contributed by atoms with Gasteiger partial charge < -0.3 is 5.73 Å². The van der Waals surface area contributed by atoms with Crippen molar-refractivity contribution in [3.63, 3.8) is 0 Å². The van der Waals surface area contributed by atoms with Crippen LogP contribution in [0.1, 0.15) is 29.7 Å². The molecule has 0 fully saturated rings. The van der Waals surface area contributed by atoms with E-state index in [0.29, 0.717) is 0 Å². The third-order valence-corrected chi connectivity index (χ3v) is 4.43. The number of nitrogens with two attached hydrogens (primary N) is 1. The Labute approximate surface area is 136 Å². The molecule has 2 nitrogen and oxygen atoms in total. The summed E-state index contributed by atoms with van der Waals surface area (Å²) < 4.78 is 1.11. The summed E-state index contributed by atoms with van der Waals surface area (Å²) in [6.45, 7) is 5.08. The number of hydrogen-bond donors (Lipinski definition) is 1. The third kappa shape index (κ3) is 4.16.